The van der Waals surface area contributed by atoms with Gasteiger partial charge in [0.15, 0.2) is 0 Å². The number of fused-ring (bicyclic) bond motifs is 6. The second-order valence-corrected chi connectivity index (χ2v) is 12.4. The van der Waals surface area contributed by atoms with Gasteiger partial charge in [0.05, 0.1) is 22.2 Å². The summed E-state index contributed by atoms with van der Waals surface area (Å²) in [6.45, 7) is 0. The molecule has 0 fully saturated rings. The maximum atomic E-state index is 6.77. The van der Waals surface area contributed by atoms with E-state index in [1.165, 1.54) is 26.9 Å². The van der Waals surface area contributed by atoms with Gasteiger partial charge in [0.1, 0.15) is 11.2 Å². The molecule has 0 saturated carbocycles. The molecule has 5 heteroatoms. The van der Waals surface area contributed by atoms with Crippen molar-refractivity contribution in [2.75, 3.05) is 0 Å². The van der Waals surface area contributed by atoms with E-state index in [1.54, 1.807) is 0 Å². The van der Waals surface area contributed by atoms with Crippen molar-refractivity contribution in [3.63, 3.8) is 0 Å². The molecule has 0 spiro atoms. The van der Waals surface area contributed by atoms with Gasteiger partial charge < -0.3 is 10.2 Å². The van der Waals surface area contributed by atoms with E-state index in [2.05, 4.69) is 132 Å². The lowest BCUT2D eigenvalue weighted by Gasteiger charge is -2.13. The molecule has 3 aromatic heterocycles. The fourth-order valence-corrected chi connectivity index (χ4v) is 7.86. The summed E-state index contributed by atoms with van der Waals surface area (Å²) in [7, 11) is 0. The Kier molecular flexibility index (Phi) is 4.66. The van der Waals surface area contributed by atoms with Crippen LogP contribution < -0.4 is 5.73 Å². The summed E-state index contributed by atoms with van der Waals surface area (Å²) in [5.41, 5.74) is 16.3. The van der Waals surface area contributed by atoms with Gasteiger partial charge >= 0.3 is 0 Å². The molecule has 0 atom stereocenters. The maximum absolute atomic E-state index is 6.77. The minimum absolute atomic E-state index is 0.624. The van der Waals surface area contributed by atoms with Crippen molar-refractivity contribution in [3.8, 4) is 17.2 Å². The van der Waals surface area contributed by atoms with E-state index in [0.29, 0.717) is 5.95 Å². The van der Waals surface area contributed by atoms with Gasteiger partial charge in [0.25, 0.3) is 0 Å². The zero-order chi connectivity index (χ0) is 30.8. The summed E-state index contributed by atoms with van der Waals surface area (Å²) in [5.74, 6) is 0.624. The molecule has 10 aromatic rings. The molecule has 0 saturated heterocycles. The zero-order valence-electron chi connectivity index (χ0n) is 25.0. The largest absolute Gasteiger partial charge is 0.456 e. The molecule has 218 valence electrons. The number of hydrogen-bond donors (Lipinski definition) is 1. The van der Waals surface area contributed by atoms with Crippen molar-refractivity contribution in [3.05, 3.63) is 139 Å². The fourth-order valence-electron chi connectivity index (χ4n) is 7.86. The molecule has 1 aliphatic rings. The van der Waals surface area contributed by atoms with Crippen LogP contribution in [0.5, 0.6) is 0 Å². The van der Waals surface area contributed by atoms with Gasteiger partial charge in [-0.1, -0.05) is 84.9 Å². The normalized spacial score (nSPS) is 12.9. The van der Waals surface area contributed by atoms with Crippen LogP contribution in [-0.4, -0.2) is 14.5 Å². The number of hydrogen-bond acceptors (Lipinski definition) is 4. The minimum atomic E-state index is 0.624. The lowest BCUT2D eigenvalue weighted by atomic mass is 10.00. The van der Waals surface area contributed by atoms with Crippen LogP contribution in [0.2, 0.25) is 0 Å². The highest BCUT2D eigenvalue weighted by Crippen LogP contribution is 2.44. The molecule has 1 aliphatic carbocycles. The number of furan rings is 1. The summed E-state index contributed by atoms with van der Waals surface area (Å²) in [6, 6.07) is 44.5. The Morgan fingerprint density at radius 2 is 1.34 bits per heavy atom. The average Bonchev–Trinajstić information content (AvgIpc) is 3.63. The number of rotatable bonds is 2. The molecule has 0 radical (unpaired) electrons. The second-order valence-electron chi connectivity index (χ2n) is 12.4. The second kappa shape index (κ2) is 8.83. The predicted octanol–water partition coefficient (Wildman–Crippen LogP) is 10.4. The third kappa shape index (κ3) is 3.27. The molecule has 0 aliphatic heterocycles. The van der Waals surface area contributed by atoms with Gasteiger partial charge in [-0.3, -0.25) is 4.57 Å². The van der Waals surface area contributed by atoms with Gasteiger partial charge in [-0.25, -0.2) is 9.97 Å². The number of nitrogens with zero attached hydrogens (tertiary/aromatic N) is 3. The number of nitrogens with two attached hydrogens (primary N) is 1. The smallest absolute Gasteiger partial charge is 0.235 e. The van der Waals surface area contributed by atoms with E-state index in [9.17, 15) is 0 Å². The van der Waals surface area contributed by atoms with Crippen LogP contribution >= 0.6 is 0 Å². The van der Waals surface area contributed by atoms with E-state index < -0.39 is 0 Å². The molecule has 0 bridgehead atoms. The third-order valence-corrected chi connectivity index (χ3v) is 9.88. The first-order valence-corrected chi connectivity index (χ1v) is 15.8. The quantitative estimate of drug-likeness (QED) is 0.214. The average molecular weight is 601 g/mol. The van der Waals surface area contributed by atoms with Crippen LogP contribution in [0.25, 0.3) is 105 Å². The Labute approximate surface area is 267 Å². The van der Waals surface area contributed by atoms with Crippen molar-refractivity contribution in [2.45, 2.75) is 0 Å². The Morgan fingerprint density at radius 1 is 0.553 bits per heavy atom. The number of benzene rings is 7. The standard InChI is InChI=1S/C42H24N4O/c43-31-22-25-9-5-8-24-15-18-34-40(37(24)25)39-28(31)12-6-14-33(39)46(34)42-44-32-13-4-3-11-29(32)41(45-42)26-17-19-35-30(21-26)38-27-10-2-1-7-23(27)16-20-36(38)47-35/h1-22H,43H2. The Hall–Kier alpha value is -6.46. The summed E-state index contributed by atoms with van der Waals surface area (Å²) < 4.78 is 8.54. The highest BCUT2D eigenvalue weighted by atomic mass is 16.3. The molecule has 0 amide bonds. The molecule has 0 unspecified atom stereocenters. The highest BCUT2D eigenvalue weighted by Gasteiger charge is 2.24. The first-order chi connectivity index (χ1) is 23.2. The molecule has 2 N–H and O–H groups in total. The minimum Gasteiger partial charge on any atom is -0.456 e. The Balaban J connectivity index is 1.24. The Bertz CT molecular complexity index is 3030. The van der Waals surface area contributed by atoms with Crippen LogP contribution in [0.15, 0.2) is 132 Å². The van der Waals surface area contributed by atoms with Crippen LogP contribution in [0.1, 0.15) is 11.1 Å². The Morgan fingerprint density at radius 3 is 2.30 bits per heavy atom. The lowest BCUT2D eigenvalue weighted by molar-refractivity contribution is 0.669. The lowest BCUT2D eigenvalue weighted by Crippen LogP contribution is -2.04. The van der Waals surface area contributed by atoms with Crippen LogP contribution in [0.3, 0.4) is 0 Å². The van der Waals surface area contributed by atoms with E-state index in [0.717, 1.165) is 77.3 Å². The molecular formula is C42H24N4O. The first-order valence-electron chi connectivity index (χ1n) is 15.8. The summed E-state index contributed by atoms with van der Waals surface area (Å²) in [6.07, 6.45) is 2.10. The van der Waals surface area contributed by atoms with E-state index in [4.69, 9.17) is 20.1 Å². The van der Waals surface area contributed by atoms with Crippen molar-refractivity contribution in [2.24, 2.45) is 5.73 Å². The molecule has 7 aromatic carbocycles. The van der Waals surface area contributed by atoms with Crippen molar-refractivity contribution < 1.29 is 4.42 Å². The van der Waals surface area contributed by atoms with Crippen LogP contribution in [0.4, 0.5) is 0 Å². The van der Waals surface area contributed by atoms with Crippen molar-refractivity contribution in [1.29, 1.82) is 0 Å². The van der Waals surface area contributed by atoms with E-state index in [-0.39, 0.29) is 0 Å². The van der Waals surface area contributed by atoms with Crippen molar-refractivity contribution in [1.82, 2.24) is 14.5 Å². The molecule has 5 nitrogen and oxygen atoms in total. The topological polar surface area (TPSA) is 69.9 Å². The van der Waals surface area contributed by atoms with Crippen molar-refractivity contribution >= 4 is 88.0 Å². The van der Waals surface area contributed by atoms with E-state index in [1.807, 2.05) is 6.07 Å². The fraction of sp³-hybridized carbons (Fsp3) is 0. The molecule has 11 rings (SSSR count). The highest BCUT2D eigenvalue weighted by molar-refractivity contribution is 6.27. The van der Waals surface area contributed by atoms with Gasteiger partial charge in [-0.2, -0.15) is 0 Å². The molecule has 47 heavy (non-hydrogen) atoms. The van der Waals surface area contributed by atoms with Crippen LogP contribution in [0, 0.1) is 0 Å². The predicted molar refractivity (Wildman–Crippen MR) is 194 cm³/mol. The zero-order valence-corrected chi connectivity index (χ0v) is 25.0. The summed E-state index contributed by atoms with van der Waals surface area (Å²) in [4.78, 5) is 10.6. The maximum Gasteiger partial charge on any atom is 0.235 e. The first kappa shape index (κ1) is 24.8. The van der Waals surface area contributed by atoms with E-state index >= 15 is 0 Å². The number of para-hydroxylation sites is 1. The van der Waals surface area contributed by atoms with Gasteiger partial charge in [0, 0.05) is 43.8 Å². The summed E-state index contributed by atoms with van der Waals surface area (Å²) >= 11 is 0. The van der Waals surface area contributed by atoms with Gasteiger partial charge in [0.2, 0.25) is 5.95 Å². The SMILES string of the molecule is NC1=Cc2cccc3ccc4c(c23)c2c1cccc2n4-c1nc(-c2ccc3oc4ccc5ccccc5c4c3c2)c2ccccc2n1. The third-order valence-electron chi connectivity index (χ3n) is 9.88. The van der Waals surface area contributed by atoms with Crippen LogP contribution in [-0.2, 0) is 0 Å². The van der Waals surface area contributed by atoms with Gasteiger partial charge in [-0.15, -0.1) is 0 Å². The molecular weight excluding hydrogens is 576 g/mol. The number of aromatic nitrogens is 3. The molecule has 3 heterocycles. The van der Waals surface area contributed by atoms with Gasteiger partial charge in [-0.05, 0) is 75.6 Å². The summed E-state index contributed by atoms with van der Waals surface area (Å²) in [5, 5.41) is 10.2. The monoisotopic (exact) mass is 600 g/mol.